The Labute approximate surface area is 150 Å². The highest BCUT2D eigenvalue weighted by atomic mass is 16.6. The number of nitrogens with zero attached hydrogens (tertiary/aromatic N) is 1. The van der Waals surface area contributed by atoms with E-state index < -0.39 is 23.0 Å². The zero-order valence-corrected chi connectivity index (χ0v) is 14.2. The lowest BCUT2D eigenvalue weighted by Gasteiger charge is -2.18. The largest absolute Gasteiger partial charge is 0.445 e. The Morgan fingerprint density at radius 2 is 1.88 bits per heavy atom. The zero-order valence-electron chi connectivity index (χ0n) is 14.2. The van der Waals surface area contributed by atoms with Gasteiger partial charge in [-0.3, -0.25) is 14.9 Å². The minimum atomic E-state index is -1.10. The van der Waals surface area contributed by atoms with E-state index in [1.807, 2.05) is 18.2 Å². The molecular formula is C18H19N3O5. The third kappa shape index (κ3) is 5.30. The molecule has 0 saturated carbocycles. The van der Waals surface area contributed by atoms with Crippen LogP contribution in [0.2, 0.25) is 0 Å². The van der Waals surface area contributed by atoms with Gasteiger partial charge in [-0.1, -0.05) is 42.5 Å². The Balaban J connectivity index is 2.12. The Bertz CT molecular complexity index is 779. The molecule has 2 N–H and O–H groups in total. The van der Waals surface area contributed by atoms with Crippen LogP contribution in [-0.2, 0) is 16.1 Å². The average Bonchev–Trinajstić information content (AvgIpc) is 2.65. The fraction of sp³-hybridized carbons (Fsp3) is 0.222. The van der Waals surface area contributed by atoms with E-state index in [9.17, 15) is 19.7 Å². The molecule has 2 aromatic carbocycles. The first kappa shape index (κ1) is 18.9. The average molecular weight is 357 g/mol. The van der Waals surface area contributed by atoms with Gasteiger partial charge in [0.05, 0.1) is 4.92 Å². The number of nitro benzene ring substituents is 1. The van der Waals surface area contributed by atoms with Crippen LogP contribution in [0.1, 0.15) is 24.1 Å². The van der Waals surface area contributed by atoms with Crippen molar-refractivity contribution in [3.05, 3.63) is 75.8 Å². The van der Waals surface area contributed by atoms with Gasteiger partial charge in [0.1, 0.15) is 12.6 Å². The van der Waals surface area contributed by atoms with Crippen LogP contribution in [0.15, 0.2) is 54.6 Å². The molecule has 0 aliphatic carbocycles. The van der Waals surface area contributed by atoms with E-state index in [0.29, 0.717) is 12.1 Å². The topological polar surface area (TPSA) is 111 Å². The zero-order chi connectivity index (χ0) is 18.9. The summed E-state index contributed by atoms with van der Waals surface area (Å²) in [6.07, 6.45) is -0.795. The van der Waals surface area contributed by atoms with Gasteiger partial charge in [-0.05, 0) is 18.1 Å². The molecule has 0 unspecified atom stereocenters. The second-order valence-corrected chi connectivity index (χ2v) is 5.39. The van der Waals surface area contributed by atoms with Crippen molar-refractivity contribution in [3.63, 3.8) is 0 Å². The normalized spacial score (nSPS) is 11.3. The van der Waals surface area contributed by atoms with Crippen molar-refractivity contribution >= 4 is 17.7 Å². The van der Waals surface area contributed by atoms with Crippen LogP contribution >= 0.6 is 0 Å². The first-order valence-electron chi connectivity index (χ1n) is 8.00. The molecule has 0 spiro atoms. The van der Waals surface area contributed by atoms with E-state index in [1.54, 1.807) is 19.1 Å². The fourth-order valence-electron chi connectivity index (χ4n) is 2.28. The molecule has 0 aromatic heterocycles. The lowest BCUT2D eigenvalue weighted by atomic mass is 10.1. The summed E-state index contributed by atoms with van der Waals surface area (Å²) in [4.78, 5) is 34.7. The van der Waals surface area contributed by atoms with E-state index in [4.69, 9.17) is 4.74 Å². The van der Waals surface area contributed by atoms with Crippen LogP contribution in [0.4, 0.5) is 10.5 Å². The summed E-state index contributed by atoms with van der Waals surface area (Å²) in [6, 6.07) is 13.5. The number of benzene rings is 2. The van der Waals surface area contributed by atoms with Gasteiger partial charge < -0.3 is 15.4 Å². The van der Waals surface area contributed by atoms with Crippen molar-refractivity contribution in [1.82, 2.24) is 10.6 Å². The Morgan fingerprint density at radius 3 is 2.54 bits per heavy atom. The van der Waals surface area contributed by atoms with Gasteiger partial charge in [-0.15, -0.1) is 0 Å². The molecule has 0 bridgehead atoms. The molecule has 26 heavy (non-hydrogen) atoms. The molecule has 0 radical (unpaired) electrons. The van der Waals surface area contributed by atoms with Gasteiger partial charge in [0.2, 0.25) is 5.91 Å². The summed E-state index contributed by atoms with van der Waals surface area (Å²) in [6.45, 7) is 2.13. The molecule has 8 heteroatoms. The smallest absolute Gasteiger partial charge is 0.408 e. The van der Waals surface area contributed by atoms with Crippen molar-refractivity contribution < 1.29 is 19.2 Å². The number of ether oxygens (including phenoxy) is 1. The molecule has 0 saturated heterocycles. The van der Waals surface area contributed by atoms with Gasteiger partial charge in [-0.25, -0.2) is 4.79 Å². The molecular weight excluding hydrogens is 338 g/mol. The predicted molar refractivity (Wildman–Crippen MR) is 94.3 cm³/mol. The quantitative estimate of drug-likeness (QED) is 0.585. The highest BCUT2D eigenvalue weighted by molar-refractivity contribution is 5.87. The van der Waals surface area contributed by atoms with E-state index in [2.05, 4.69) is 10.6 Å². The number of non-ortho nitro benzene ring substituents is 1. The molecule has 2 amide bonds. The number of rotatable bonds is 7. The molecule has 0 heterocycles. The van der Waals surface area contributed by atoms with Gasteiger partial charge in [0.15, 0.2) is 0 Å². The van der Waals surface area contributed by atoms with Crippen LogP contribution < -0.4 is 10.6 Å². The summed E-state index contributed by atoms with van der Waals surface area (Å²) in [5.74, 6) is -0.482. The molecule has 136 valence electrons. The number of likely N-dealkylation sites (N-methyl/N-ethyl adjacent to an activating group) is 1. The van der Waals surface area contributed by atoms with E-state index in [1.165, 1.54) is 24.3 Å². The standard InChI is InChI=1S/C18H19N3O5/c1-2-19-17(22)16(14-9-6-10-15(11-14)21(24)25)20-18(23)26-12-13-7-4-3-5-8-13/h3-11,16H,2,12H2,1H3,(H,19,22)(H,20,23)/t16-/m1/s1. The predicted octanol–water partition coefficient (Wildman–Crippen LogP) is 2.70. The van der Waals surface area contributed by atoms with E-state index in [0.717, 1.165) is 5.56 Å². The van der Waals surface area contributed by atoms with Crippen LogP contribution in [0.3, 0.4) is 0 Å². The minimum Gasteiger partial charge on any atom is -0.445 e. The Kier molecular flexibility index (Phi) is 6.67. The van der Waals surface area contributed by atoms with E-state index in [-0.39, 0.29) is 12.3 Å². The second kappa shape index (κ2) is 9.16. The minimum absolute atomic E-state index is 0.0454. The first-order chi connectivity index (χ1) is 12.5. The number of hydrogen-bond donors (Lipinski definition) is 2. The van der Waals surface area contributed by atoms with Crippen molar-refractivity contribution in [2.45, 2.75) is 19.6 Å². The Hall–Kier alpha value is -3.42. The maximum Gasteiger partial charge on any atom is 0.408 e. The highest BCUT2D eigenvalue weighted by Gasteiger charge is 2.24. The molecule has 1 atom stereocenters. The van der Waals surface area contributed by atoms with Gasteiger partial charge in [-0.2, -0.15) is 0 Å². The highest BCUT2D eigenvalue weighted by Crippen LogP contribution is 2.20. The van der Waals surface area contributed by atoms with Crippen LogP contribution in [0, 0.1) is 10.1 Å². The lowest BCUT2D eigenvalue weighted by molar-refractivity contribution is -0.384. The maximum absolute atomic E-state index is 12.3. The molecule has 0 fully saturated rings. The molecule has 2 rings (SSSR count). The Morgan fingerprint density at radius 1 is 1.15 bits per heavy atom. The molecule has 0 aliphatic rings. The number of hydrogen-bond acceptors (Lipinski definition) is 5. The SMILES string of the molecule is CCNC(=O)[C@H](NC(=O)OCc1ccccc1)c1cccc([N+](=O)[O-])c1. The number of alkyl carbamates (subject to hydrolysis) is 1. The molecule has 2 aromatic rings. The monoisotopic (exact) mass is 357 g/mol. The summed E-state index contributed by atoms with van der Waals surface area (Å²) in [5.41, 5.74) is 0.922. The second-order valence-electron chi connectivity index (χ2n) is 5.39. The van der Waals surface area contributed by atoms with Crippen LogP contribution in [0.25, 0.3) is 0 Å². The number of carbonyl (C=O) groups is 2. The first-order valence-corrected chi connectivity index (χ1v) is 8.00. The molecule has 0 aliphatic heterocycles. The van der Waals surface area contributed by atoms with Crippen LogP contribution in [-0.4, -0.2) is 23.5 Å². The van der Waals surface area contributed by atoms with Crippen molar-refractivity contribution in [2.75, 3.05) is 6.54 Å². The number of carbonyl (C=O) groups excluding carboxylic acids is 2. The summed E-state index contributed by atoms with van der Waals surface area (Å²) in [5, 5.41) is 16.0. The fourth-order valence-corrected chi connectivity index (χ4v) is 2.28. The van der Waals surface area contributed by atoms with E-state index >= 15 is 0 Å². The summed E-state index contributed by atoms with van der Waals surface area (Å²) < 4.78 is 5.12. The third-order valence-corrected chi connectivity index (χ3v) is 3.50. The van der Waals surface area contributed by atoms with Crippen LogP contribution in [0.5, 0.6) is 0 Å². The van der Waals surface area contributed by atoms with Crippen molar-refractivity contribution in [1.29, 1.82) is 0 Å². The van der Waals surface area contributed by atoms with Gasteiger partial charge in [0, 0.05) is 18.7 Å². The third-order valence-electron chi connectivity index (χ3n) is 3.50. The van der Waals surface area contributed by atoms with Gasteiger partial charge in [0.25, 0.3) is 5.69 Å². The van der Waals surface area contributed by atoms with Crippen molar-refractivity contribution in [3.8, 4) is 0 Å². The lowest BCUT2D eigenvalue weighted by Crippen LogP contribution is -2.40. The summed E-state index contributed by atoms with van der Waals surface area (Å²) >= 11 is 0. The number of nitro groups is 1. The number of nitrogens with one attached hydrogen (secondary N) is 2. The van der Waals surface area contributed by atoms with Crippen molar-refractivity contribution in [2.24, 2.45) is 0 Å². The number of amides is 2. The maximum atomic E-state index is 12.3. The molecule has 8 nitrogen and oxygen atoms in total. The summed E-state index contributed by atoms with van der Waals surface area (Å²) in [7, 11) is 0. The van der Waals surface area contributed by atoms with Gasteiger partial charge >= 0.3 is 6.09 Å².